The Kier molecular flexibility index (Phi) is 6.57. The normalized spacial score (nSPS) is 18.9. The van der Waals surface area contributed by atoms with Gasteiger partial charge in [-0.1, -0.05) is 12.1 Å². The highest BCUT2D eigenvalue weighted by molar-refractivity contribution is 5.47. The van der Waals surface area contributed by atoms with Gasteiger partial charge >= 0.3 is 0 Å². The summed E-state index contributed by atoms with van der Waals surface area (Å²) in [6.45, 7) is 6.02. The molecule has 0 unspecified atom stereocenters. The SMILES string of the molecule is C[C@H](O)[C@@H](O)[C@H](Nc1ccc(CN2CCOCC2)cc1)c1ccncc1. The second kappa shape index (κ2) is 9.09. The molecule has 2 heterocycles. The van der Waals surface area contributed by atoms with Gasteiger partial charge in [0.05, 0.1) is 25.4 Å². The van der Waals surface area contributed by atoms with Crippen LogP contribution in [0.2, 0.25) is 0 Å². The molecule has 26 heavy (non-hydrogen) atoms. The van der Waals surface area contributed by atoms with Crippen molar-refractivity contribution in [2.75, 3.05) is 31.6 Å². The number of aliphatic hydroxyl groups is 2. The molecule has 3 N–H and O–H groups in total. The van der Waals surface area contributed by atoms with E-state index in [4.69, 9.17) is 4.74 Å². The third kappa shape index (κ3) is 5.02. The zero-order valence-corrected chi connectivity index (χ0v) is 15.1. The van der Waals surface area contributed by atoms with Gasteiger partial charge in [-0.3, -0.25) is 9.88 Å². The molecule has 0 amide bonds. The van der Waals surface area contributed by atoms with Crippen LogP contribution in [-0.2, 0) is 11.3 Å². The van der Waals surface area contributed by atoms with E-state index in [2.05, 4.69) is 27.3 Å². The summed E-state index contributed by atoms with van der Waals surface area (Å²) in [5.41, 5.74) is 3.03. The van der Waals surface area contributed by atoms with Crippen LogP contribution in [0.1, 0.15) is 24.1 Å². The first-order valence-corrected chi connectivity index (χ1v) is 9.05. The molecule has 0 saturated carbocycles. The number of anilines is 1. The van der Waals surface area contributed by atoms with Crippen LogP contribution in [-0.4, -0.2) is 58.6 Å². The van der Waals surface area contributed by atoms with Crippen molar-refractivity contribution >= 4 is 5.69 Å². The van der Waals surface area contributed by atoms with Gasteiger partial charge in [0.25, 0.3) is 0 Å². The Morgan fingerprint density at radius 2 is 1.73 bits per heavy atom. The molecule has 140 valence electrons. The Hall–Kier alpha value is -1.99. The molecule has 3 rings (SSSR count). The minimum absolute atomic E-state index is 0.414. The molecule has 0 radical (unpaired) electrons. The first kappa shape index (κ1) is 18.8. The van der Waals surface area contributed by atoms with Crippen LogP contribution in [0.25, 0.3) is 0 Å². The fourth-order valence-corrected chi connectivity index (χ4v) is 3.12. The van der Waals surface area contributed by atoms with E-state index in [1.807, 2.05) is 24.3 Å². The molecule has 1 fully saturated rings. The number of rotatable bonds is 7. The van der Waals surface area contributed by atoms with E-state index in [0.717, 1.165) is 44.1 Å². The van der Waals surface area contributed by atoms with Gasteiger partial charge < -0.3 is 20.3 Å². The van der Waals surface area contributed by atoms with E-state index in [1.165, 1.54) is 5.56 Å². The predicted octanol–water partition coefficient (Wildman–Crippen LogP) is 1.81. The maximum Gasteiger partial charge on any atom is 0.104 e. The van der Waals surface area contributed by atoms with Crippen molar-refractivity contribution < 1.29 is 14.9 Å². The molecule has 1 aromatic heterocycles. The number of hydrogen-bond acceptors (Lipinski definition) is 6. The van der Waals surface area contributed by atoms with Crippen molar-refractivity contribution in [1.82, 2.24) is 9.88 Å². The predicted molar refractivity (Wildman–Crippen MR) is 101 cm³/mol. The van der Waals surface area contributed by atoms with Crippen LogP contribution < -0.4 is 5.32 Å². The lowest BCUT2D eigenvalue weighted by Gasteiger charge is -2.28. The number of hydrogen-bond donors (Lipinski definition) is 3. The van der Waals surface area contributed by atoms with E-state index < -0.39 is 18.2 Å². The van der Waals surface area contributed by atoms with Gasteiger partial charge in [-0.2, -0.15) is 0 Å². The molecule has 2 aromatic rings. The van der Waals surface area contributed by atoms with Crippen LogP contribution in [0, 0.1) is 0 Å². The van der Waals surface area contributed by atoms with Gasteiger partial charge in [0.1, 0.15) is 6.10 Å². The molecular weight excluding hydrogens is 330 g/mol. The number of aliphatic hydroxyl groups excluding tert-OH is 2. The molecule has 3 atom stereocenters. The largest absolute Gasteiger partial charge is 0.391 e. The summed E-state index contributed by atoms with van der Waals surface area (Å²) in [4.78, 5) is 6.40. The molecule has 1 aliphatic rings. The second-order valence-electron chi connectivity index (χ2n) is 6.72. The van der Waals surface area contributed by atoms with Crippen LogP contribution in [0.4, 0.5) is 5.69 Å². The Morgan fingerprint density at radius 1 is 1.08 bits per heavy atom. The first-order chi connectivity index (χ1) is 12.6. The van der Waals surface area contributed by atoms with Crippen molar-refractivity contribution in [3.05, 3.63) is 59.9 Å². The second-order valence-corrected chi connectivity index (χ2v) is 6.72. The zero-order chi connectivity index (χ0) is 18.4. The van der Waals surface area contributed by atoms with Crippen molar-refractivity contribution in [2.45, 2.75) is 31.7 Å². The van der Waals surface area contributed by atoms with E-state index in [0.29, 0.717) is 0 Å². The number of nitrogens with zero attached hydrogens (tertiary/aromatic N) is 2. The molecule has 0 bridgehead atoms. The number of pyridine rings is 1. The van der Waals surface area contributed by atoms with E-state index in [9.17, 15) is 10.2 Å². The minimum Gasteiger partial charge on any atom is -0.391 e. The molecule has 1 aliphatic heterocycles. The standard InChI is InChI=1S/C20H27N3O3/c1-15(24)20(25)19(17-6-8-21-9-7-17)22-18-4-2-16(3-5-18)14-23-10-12-26-13-11-23/h2-9,15,19-20,22,24-25H,10-14H2,1H3/t15-,19+,20+/m0/s1. The zero-order valence-electron chi connectivity index (χ0n) is 15.1. The first-order valence-electron chi connectivity index (χ1n) is 9.05. The van der Waals surface area contributed by atoms with Crippen LogP contribution >= 0.6 is 0 Å². The summed E-state index contributed by atoms with van der Waals surface area (Å²) in [5.74, 6) is 0. The van der Waals surface area contributed by atoms with Gasteiger partial charge in [-0.25, -0.2) is 0 Å². The monoisotopic (exact) mass is 357 g/mol. The highest BCUT2D eigenvalue weighted by Gasteiger charge is 2.25. The van der Waals surface area contributed by atoms with Crippen LogP contribution in [0.3, 0.4) is 0 Å². The Morgan fingerprint density at radius 3 is 2.35 bits per heavy atom. The quantitative estimate of drug-likeness (QED) is 0.702. The summed E-state index contributed by atoms with van der Waals surface area (Å²) in [6.07, 6.45) is 1.60. The van der Waals surface area contributed by atoms with E-state index >= 15 is 0 Å². The maximum absolute atomic E-state index is 10.4. The lowest BCUT2D eigenvalue weighted by atomic mass is 9.98. The highest BCUT2D eigenvalue weighted by Crippen LogP contribution is 2.25. The van der Waals surface area contributed by atoms with Gasteiger partial charge in [-0.15, -0.1) is 0 Å². The van der Waals surface area contributed by atoms with Crippen molar-refractivity contribution in [2.24, 2.45) is 0 Å². The van der Waals surface area contributed by atoms with Crippen molar-refractivity contribution in [1.29, 1.82) is 0 Å². The number of aromatic nitrogens is 1. The topological polar surface area (TPSA) is 77.9 Å². The number of benzene rings is 1. The Balaban J connectivity index is 1.68. The fraction of sp³-hybridized carbons (Fsp3) is 0.450. The molecule has 0 aliphatic carbocycles. The van der Waals surface area contributed by atoms with Gasteiger partial charge in [0.2, 0.25) is 0 Å². The smallest absolute Gasteiger partial charge is 0.104 e. The van der Waals surface area contributed by atoms with Gasteiger partial charge in [0.15, 0.2) is 0 Å². The maximum atomic E-state index is 10.4. The summed E-state index contributed by atoms with van der Waals surface area (Å²) < 4.78 is 5.38. The molecule has 6 heteroatoms. The van der Waals surface area contributed by atoms with Crippen molar-refractivity contribution in [3.8, 4) is 0 Å². The fourth-order valence-electron chi connectivity index (χ4n) is 3.12. The number of nitrogens with one attached hydrogen (secondary N) is 1. The van der Waals surface area contributed by atoms with Crippen LogP contribution in [0.5, 0.6) is 0 Å². The molecule has 1 aromatic carbocycles. The van der Waals surface area contributed by atoms with Gasteiger partial charge in [-0.05, 0) is 42.3 Å². The molecule has 0 spiro atoms. The summed E-state index contributed by atoms with van der Waals surface area (Å²) in [5, 5.41) is 23.6. The molecule has 1 saturated heterocycles. The number of morpholine rings is 1. The van der Waals surface area contributed by atoms with Crippen LogP contribution in [0.15, 0.2) is 48.8 Å². The summed E-state index contributed by atoms with van der Waals surface area (Å²) in [7, 11) is 0. The van der Waals surface area contributed by atoms with E-state index in [-0.39, 0.29) is 0 Å². The molecule has 6 nitrogen and oxygen atoms in total. The summed E-state index contributed by atoms with van der Waals surface area (Å²) in [6, 6.07) is 11.5. The lowest BCUT2D eigenvalue weighted by Crippen LogP contribution is -2.35. The summed E-state index contributed by atoms with van der Waals surface area (Å²) >= 11 is 0. The van der Waals surface area contributed by atoms with Crippen molar-refractivity contribution in [3.63, 3.8) is 0 Å². The average molecular weight is 357 g/mol. The highest BCUT2D eigenvalue weighted by atomic mass is 16.5. The third-order valence-electron chi connectivity index (χ3n) is 4.69. The van der Waals surface area contributed by atoms with Gasteiger partial charge in [0, 0.05) is 37.7 Å². The Labute approximate surface area is 154 Å². The Bertz CT molecular complexity index is 658. The van der Waals surface area contributed by atoms with E-state index in [1.54, 1.807) is 19.3 Å². The average Bonchev–Trinajstić information content (AvgIpc) is 2.68. The number of ether oxygens (including phenoxy) is 1. The minimum atomic E-state index is -0.926. The third-order valence-corrected chi connectivity index (χ3v) is 4.69. The molecular formula is C20H27N3O3. The lowest BCUT2D eigenvalue weighted by molar-refractivity contribution is 0.0190.